The Balaban J connectivity index is 1.39. The van der Waals surface area contributed by atoms with Crippen molar-refractivity contribution in [1.29, 1.82) is 0 Å². The van der Waals surface area contributed by atoms with Gasteiger partial charge in [0.1, 0.15) is 5.52 Å². The van der Waals surface area contributed by atoms with Crippen molar-refractivity contribution in [2.75, 3.05) is 17.2 Å². The number of aromatic nitrogens is 3. The van der Waals surface area contributed by atoms with Crippen LogP contribution in [0.15, 0.2) is 78.1 Å². The predicted octanol–water partition coefficient (Wildman–Crippen LogP) is 4.16. The van der Waals surface area contributed by atoms with Gasteiger partial charge in [0.25, 0.3) is 0 Å². The fraction of sp³-hybridized carbons (Fsp3) is 0.174. The number of benzene rings is 2. The molecule has 5 nitrogen and oxygen atoms in total. The summed E-state index contributed by atoms with van der Waals surface area (Å²) in [6.07, 6.45) is 2.70. The van der Waals surface area contributed by atoms with Gasteiger partial charge >= 0.3 is 0 Å². The zero-order chi connectivity index (χ0) is 19.6. The molecule has 0 unspecified atom stereocenters. The molecule has 29 heavy (non-hydrogen) atoms. The molecule has 144 valence electrons. The molecular formula is C23H20N4OS. The number of para-hydroxylation sites is 1. The molecule has 6 heteroatoms. The number of hydrogen-bond acceptors (Lipinski definition) is 4. The van der Waals surface area contributed by atoms with Crippen molar-refractivity contribution in [3.8, 4) is 0 Å². The first-order valence-corrected chi connectivity index (χ1v) is 10.6. The number of amides is 1. The summed E-state index contributed by atoms with van der Waals surface area (Å²) in [6, 6.07) is 22.3. The number of hydrogen-bond donors (Lipinski definition) is 0. The summed E-state index contributed by atoms with van der Waals surface area (Å²) in [5, 5.41) is 0.823. The molecule has 0 aliphatic carbocycles. The normalized spacial score (nSPS) is 13.0. The van der Waals surface area contributed by atoms with E-state index in [1.54, 1.807) is 6.20 Å². The molecule has 0 saturated carbocycles. The fourth-order valence-corrected chi connectivity index (χ4v) is 4.64. The lowest BCUT2D eigenvalue weighted by Crippen LogP contribution is -2.30. The van der Waals surface area contributed by atoms with Crippen LogP contribution in [0, 0.1) is 0 Å². The van der Waals surface area contributed by atoms with Crippen LogP contribution in [0.1, 0.15) is 11.1 Å². The molecule has 1 aliphatic rings. The van der Waals surface area contributed by atoms with Crippen LogP contribution in [0.5, 0.6) is 0 Å². The third-order valence-corrected chi connectivity index (χ3v) is 6.13. The van der Waals surface area contributed by atoms with Gasteiger partial charge in [0, 0.05) is 18.4 Å². The van der Waals surface area contributed by atoms with Crippen molar-refractivity contribution < 1.29 is 4.79 Å². The Labute approximate surface area is 173 Å². The maximum absolute atomic E-state index is 12.9. The zero-order valence-corrected chi connectivity index (χ0v) is 16.7. The second-order valence-corrected chi connectivity index (χ2v) is 7.97. The molecular weight excluding hydrogens is 380 g/mol. The van der Waals surface area contributed by atoms with Crippen molar-refractivity contribution in [1.82, 2.24) is 14.5 Å². The van der Waals surface area contributed by atoms with Crippen LogP contribution in [-0.2, 0) is 17.8 Å². The minimum Gasteiger partial charge on any atom is -0.311 e. The molecule has 0 radical (unpaired) electrons. The molecule has 1 aliphatic heterocycles. The molecule has 0 saturated heterocycles. The van der Waals surface area contributed by atoms with Gasteiger partial charge in [-0.15, -0.1) is 0 Å². The smallest absolute Gasteiger partial charge is 0.237 e. The quantitative estimate of drug-likeness (QED) is 0.472. The molecule has 0 spiro atoms. The summed E-state index contributed by atoms with van der Waals surface area (Å²) in [6.45, 7) is 1.43. The minimum atomic E-state index is 0.117. The van der Waals surface area contributed by atoms with E-state index in [4.69, 9.17) is 4.98 Å². The highest BCUT2D eigenvalue weighted by molar-refractivity contribution is 7.99. The standard InChI is InChI=1S/C23H20N4OS/c28-21(26-14-12-18-9-4-5-11-20(18)26)16-29-23-25-19-10-6-13-24-22(19)27(23)15-17-7-2-1-3-8-17/h1-11,13H,12,14-16H2. The lowest BCUT2D eigenvalue weighted by Gasteiger charge is -2.17. The van der Waals surface area contributed by atoms with Crippen LogP contribution in [0.3, 0.4) is 0 Å². The summed E-state index contributed by atoms with van der Waals surface area (Å²) in [5.41, 5.74) is 5.16. The third-order valence-electron chi connectivity index (χ3n) is 5.17. The number of imidazole rings is 1. The maximum atomic E-state index is 12.9. The maximum Gasteiger partial charge on any atom is 0.237 e. The molecule has 2 aromatic heterocycles. The molecule has 4 aromatic rings. The number of carbonyl (C=O) groups is 1. The van der Waals surface area contributed by atoms with Gasteiger partial charge in [-0.25, -0.2) is 9.97 Å². The second kappa shape index (κ2) is 7.72. The van der Waals surface area contributed by atoms with Gasteiger partial charge < -0.3 is 4.90 Å². The van der Waals surface area contributed by atoms with Gasteiger partial charge in [-0.2, -0.15) is 0 Å². The van der Waals surface area contributed by atoms with Crippen molar-refractivity contribution in [2.45, 2.75) is 18.1 Å². The Kier molecular flexibility index (Phi) is 4.77. The first kappa shape index (κ1) is 17.9. The van der Waals surface area contributed by atoms with E-state index in [0.29, 0.717) is 12.3 Å². The number of fused-ring (bicyclic) bond motifs is 2. The van der Waals surface area contributed by atoms with Crippen LogP contribution < -0.4 is 4.90 Å². The van der Waals surface area contributed by atoms with Crippen molar-refractivity contribution in [3.05, 3.63) is 84.1 Å². The summed E-state index contributed by atoms with van der Waals surface area (Å²) in [4.78, 5) is 24.1. The third kappa shape index (κ3) is 3.51. The first-order valence-electron chi connectivity index (χ1n) is 9.66. The Morgan fingerprint density at radius 2 is 1.83 bits per heavy atom. The van der Waals surface area contributed by atoms with Crippen LogP contribution in [0.4, 0.5) is 5.69 Å². The summed E-state index contributed by atoms with van der Waals surface area (Å²) >= 11 is 1.48. The topological polar surface area (TPSA) is 51.0 Å². The number of rotatable bonds is 5. The van der Waals surface area contributed by atoms with Gasteiger partial charge in [-0.3, -0.25) is 9.36 Å². The van der Waals surface area contributed by atoms with E-state index >= 15 is 0 Å². The van der Waals surface area contributed by atoms with E-state index < -0.39 is 0 Å². The van der Waals surface area contributed by atoms with Crippen LogP contribution in [0.2, 0.25) is 0 Å². The minimum absolute atomic E-state index is 0.117. The van der Waals surface area contributed by atoms with Crippen LogP contribution in [0.25, 0.3) is 11.2 Å². The monoisotopic (exact) mass is 400 g/mol. The number of anilines is 1. The first-order chi connectivity index (χ1) is 14.3. The lowest BCUT2D eigenvalue weighted by atomic mass is 10.2. The molecule has 5 rings (SSSR count). The highest BCUT2D eigenvalue weighted by Gasteiger charge is 2.24. The molecule has 3 heterocycles. The van der Waals surface area contributed by atoms with Gasteiger partial charge in [-0.1, -0.05) is 60.3 Å². The highest BCUT2D eigenvalue weighted by atomic mass is 32.2. The average molecular weight is 401 g/mol. The van der Waals surface area contributed by atoms with E-state index in [-0.39, 0.29) is 5.91 Å². The molecule has 2 aromatic carbocycles. The largest absolute Gasteiger partial charge is 0.311 e. The van der Waals surface area contributed by atoms with E-state index in [1.165, 1.54) is 22.9 Å². The molecule has 0 fully saturated rings. The Morgan fingerprint density at radius 3 is 2.72 bits per heavy atom. The van der Waals surface area contributed by atoms with Crippen molar-refractivity contribution in [2.24, 2.45) is 0 Å². The highest BCUT2D eigenvalue weighted by Crippen LogP contribution is 2.29. The Morgan fingerprint density at radius 1 is 1.00 bits per heavy atom. The number of carbonyl (C=O) groups excluding carboxylic acids is 1. The Bertz CT molecular complexity index is 1170. The van der Waals surface area contributed by atoms with Gasteiger partial charge in [0.15, 0.2) is 10.8 Å². The lowest BCUT2D eigenvalue weighted by molar-refractivity contribution is -0.116. The molecule has 0 bridgehead atoms. The number of pyridine rings is 1. The van der Waals surface area contributed by atoms with Crippen LogP contribution in [-0.4, -0.2) is 32.7 Å². The zero-order valence-electron chi connectivity index (χ0n) is 15.9. The summed E-state index contributed by atoms with van der Waals surface area (Å²) < 4.78 is 2.10. The SMILES string of the molecule is O=C(CSc1nc2cccnc2n1Cc1ccccc1)N1CCc2ccccc21. The van der Waals surface area contributed by atoms with E-state index in [1.807, 2.05) is 53.4 Å². The van der Waals surface area contributed by atoms with Crippen molar-refractivity contribution >= 4 is 34.5 Å². The second-order valence-electron chi connectivity index (χ2n) is 7.03. The van der Waals surface area contributed by atoms with E-state index in [2.05, 4.69) is 27.8 Å². The molecule has 0 N–H and O–H groups in total. The van der Waals surface area contributed by atoms with Crippen molar-refractivity contribution in [3.63, 3.8) is 0 Å². The Hall–Kier alpha value is -3.12. The summed E-state index contributed by atoms with van der Waals surface area (Å²) in [5.74, 6) is 0.470. The van der Waals surface area contributed by atoms with E-state index in [9.17, 15) is 4.79 Å². The van der Waals surface area contributed by atoms with Gasteiger partial charge in [-0.05, 0) is 35.7 Å². The molecule has 0 atom stereocenters. The van der Waals surface area contributed by atoms with Gasteiger partial charge in [0.05, 0.1) is 12.3 Å². The van der Waals surface area contributed by atoms with E-state index in [0.717, 1.165) is 35.0 Å². The predicted molar refractivity (Wildman–Crippen MR) is 116 cm³/mol. The average Bonchev–Trinajstić information content (AvgIpc) is 3.35. The van der Waals surface area contributed by atoms with Gasteiger partial charge in [0.2, 0.25) is 5.91 Å². The van der Waals surface area contributed by atoms with Crippen LogP contribution >= 0.6 is 11.8 Å². The number of thioether (sulfide) groups is 1. The number of nitrogens with zero attached hydrogens (tertiary/aromatic N) is 4. The summed E-state index contributed by atoms with van der Waals surface area (Å²) in [7, 11) is 0. The molecule has 1 amide bonds. The fourth-order valence-electron chi connectivity index (χ4n) is 3.76.